The highest BCUT2D eigenvalue weighted by Gasteiger charge is 2.18. The summed E-state index contributed by atoms with van der Waals surface area (Å²) in [6.07, 6.45) is 2.39. The number of carbonyl (C=O) groups excluding carboxylic acids is 1. The molecule has 1 aromatic carbocycles. The van der Waals surface area contributed by atoms with Crippen LogP contribution in [0.15, 0.2) is 24.4 Å². The van der Waals surface area contributed by atoms with E-state index in [-0.39, 0.29) is 10.9 Å². The maximum Gasteiger partial charge on any atom is 0.271 e. The summed E-state index contributed by atoms with van der Waals surface area (Å²) in [6.45, 7) is 1.69. The molecule has 3 aromatic rings. The number of hydrogen-bond acceptors (Lipinski definition) is 3. The maximum absolute atomic E-state index is 13.4. The molecule has 1 amide bonds. The van der Waals surface area contributed by atoms with Gasteiger partial charge in [0.05, 0.1) is 11.6 Å². The Labute approximate surface area is 141 Å². The molecule has 0 spiro atoms. The van der Waals surface area contributed by atoms with Gasteiger partial charge in [-0.1, -0.05) is 11.6 Å². The van der Waals surface area contributed by atoms with E-state index in [0.29, 0.717) is 43.2 Å². The van der Waals surface area contributed by atoms with Gasteiger partial charge in [0.1, 0.15) is 12.4 Å². The first-order chi connectivity index (χ1) is 11.6. The van der Waals surface area contributed by atoms with Crippen LogP contribution in [0, 0.1) is 5.82 Å². The van der Waals surface area contributed by atoms with Crippen molar-refractivity contribution in [3.63, 3.8) is 0 Å². The molecule has 8 heteroatoms. The van der Waals surface area contributed by atoms with Crippen LogP contribution in [0.5, 0.6) is 5.88 Å². The smallest absolute Gasteiger partial charge is 0.271 e. The molecular weight excluding hydrogens is 335 g/mol. The van der Waals surface area contributed by atoms with Gasteiger partial charge in [-0.3, -0.25) is 4.79 Å². The molecule has 2 aromatic heterocycles. The molecule has 6 nitrogen and oxygen atoms in total. The van der Waals surface area contributed by atoms with Crippen molar-refractivity contribution >= 4 is 28.4 Å². The molecule has 24 heavy (non-hydrogen) atoms. The Morgan fingerprint density at radius 3 is 3.17 bits per heavy atom. The number of H-pyrrole nitrogens is 1. The van der Waals surface area contributed by atoms with Crippen LogP contribution >= 0.6 is 11.6 Å². The second kappa shape index (κ2) is 5.83. The fraction of sp³-hybridized carbons (Fsp3) is 0.250. The number of amides is 1. The van der Waals surface area contributed by atoms with Crippen LogP contribution in [0.4, 0.5) is 4.39 Å². The molecule has 0 radical (unpaired) electrons. The minimum atomic E-state index is -0.457. The SMILES string of the molecule is O=C(NCCc1c[nH]c2cc(F)c(Cl)cc12)c1cc2n(n1)CCO2. The zero-order chi connectivity index (χ0) is 16.7. The quantitative estimate of drug-likeness (QED) is 0.761. The van der Waals surface area contributed by atoms with Gasteiger partial charge < -0.3 is 15.0 Å². The van der Waals surface area contributed by atoms with Gasteiger partial charge in [-0.15, -0.1) is 0 Å². The number of fused-ring (bicyclic) bond motifs is 2. The van der Waals surface area contributed by atoms with Crippen LogP contribution < -0.4 is 10.1 Å². The highest BCUT2D eigenvalue weighted by molar-refractivity contribution is 6.31. The second-order valence-corrected chi connectivity index (χ2v) is 5.98. The van der Waals surface area contributed by atoms with Crippen molar-refractivity contribution in [1.29, 1.82) is 0 Å². The lowest BCUT2D eigenvalue weighted by Gasteiger charge is -2.03. The Hall–Kier alpha value is -2.54. The summed E-state index contributed by atoms with van der Waals surface area (Å²) in [5, 5.41) is 7.95. The van der Waals surface area contributed by atoms with Gasteiger partial charge in [0.15, 0.2) is 5.69 Å². The first kappa shape index (κ1) is 15.0. The van der Waals surface area contributed by atoms with E-state index >= 15 is 0 Å². The predicted octanol–water partition coefficient (Wildman–Crippen LogP) is 2.52. The molecule has 124 valence electrons. The molecule has 2 N–H and O–H groups in total. The molecule has 0 saturated carbocycles. The molecule has 1 aliphatic rings. The third kappa shape index (κ3) is 2.60. The fourth-order valence-electron chi connectivity index (χ4n) is 2.81. The van der Waals surface area contributed by atoms with E-state index in [0.717, 1.165) is 10.9 Å². The summed E-state index contributed by atoms with van der Waals surface area (Å²) in [6, 6.07) is 4.60. The van der Waals surface area contributed by atoms with Gasteiger partial charge in [-0.2, -0.15) is 5.10 Å². The van der Waals surface area contributed by atoms with Crippen LogP contribution in [0.2, 0.25) is 5.02 Å². The average molecular weight is 349 g/mol. The standard InChI is InChI=1S/C16H14ClFN4O2/c17-11-5-10-9(8-20-13(10)6-12(11)18)1-2-19-16(23)14-7-15-22(21-14)3-4-24-15/h5-8,20H,1-4H2,(H,19,23). The van der Waals surface area contributed by atoms with Gasteiger partial charge in [-0.25, -0.2) is 9.07 Å². The van der Waals surface area contributed by atoms with E-state index < -0.39 is 5.82 Å². The summed E-state index contributed by atoms with van der Waals surface area (Å²) in [5.74, 6) is -0.0845. The van der Waals surface area contributed by atoms with Crippen LogP contribution in [0.1, 0.15) is 16.1 Å². The number of nitrogens with zero attached hydrogens (tertiary/aromatic N) is 2. The Balaban J connectivity index is 1.42. The van der Waals surface area contributed by atoms with Crippen molar-refractivity contribution in [2.24, 2.45) is 0 Å². The lowest BCUT2D eigenvalue weighted by Crippen LogP contribution is -2.26. The molecule has 1 aliphatic heterocycles. The number of aromatic nitrogens is 3. The van der Waals surface area contributed by atoms with Crippen LogP contribution in [-0.4, -0.2) is 33.8 Å². The number of aromatic amines is 1. The highest BCUT2D eigenvalue weighted by atomic mass is 35.5. The van der Waals surface area contributed by atoms with E-state index in [1.165, 1.54) is 6.07 Å². The monoisotopic (exact) mass is 348 g/mol. The molecule has 0 unspecified atom stereocenters. The molecule has 4 rings (SSSR count). The first-order valence-electron chi connectivity index (χ1n) is 7.55. The van der Waals surface area contributed by atoms with Gasteiger partial charge in [0.2, 0.25) is 5.88 Å². The number of rotatable bonds is 4. The molecule has 0 fully saturated rings. The van der Waals surface area contributed by atoms with Gasteiger partial charge in [0, 0.05) is 29.7 Å². The maximum atomic E-state index is 13.4. The van der Waals surface area contributed by atoms with Crippen LogP contribution in [0.3, 0.4) is 0 Å². The van der Waals surface area contributed by atoms with Crippen molar-refractivity contribution in [3.8, 4) is 5.88 Å². The molecule has 0 atom stereocenters. The van der Waals surface area contributed by atoms with Crippen LogP contribution in [0.25, 0.3) is 10.9 Å². The number of ether oxygens (including phenoxy) is 1. The predicted molar refractivity (Wildman–Crippen MR) is 87.0 cm³/mol. The zero-order valence-corrected chi connectivity index (χ0v) is 13.4. The van der Waals surface area contributed by atoms with Crippen molar-refractivity contribution in [1.82, 2.24) is 20.1 Å². The molecule has 0 aliphatic carbocycles. The van der Waals surface area contributed by atoms with Gasteiger partial charge in [-0.05, 0) is 24.1 Å². The van der Waals surface area contributed by atoms with Crippen LogP contribution in [-0.2, 0) is 13.0 Å². The van der Waals surface area contributed by atoms with Gasteiger partial charge >= 0.3 is 0 Å². The topological polar surface area (TPSA) is 71.9 Å². The highest BCUT2D eigenvalue weighted by Crippen LogP contribution is 2.25. The Morgan fingerprint density at radius 1 is 1.46 bits per heavy atom. The summed E-state index contributed by atoms with van der Waals surface area (Å²) in [5.41, 5.74) is 1.98. The van der Waals surface area contributed by atoms with E-state index in [1.807, 2.05) is 0 Å². The summed E-state index contributed by atoms with van der Waals surface area (Å²) >= 11 is 5.84. The average Bonchev–Trinajstić information content (AvgIpc) is 3.23. The number of benzene rings is 1. The minimum Gasteiger partial charge on any atom is -0.476 e. The van der Waals surface area contributed by atoms with E-state index in [1.54, 1.807) is 23.0 Å². The third-order valence-corrected chi connectivity index (χ3v) is 4.31. The summed E-state index contributed by atoms with van der Waals surface area (Å²) in [7, 11) is 0. The number of hydrogen-bond donors (Lipinski definition) is 2. The normalized spacial score (nSPS) is 13.1. The van der Waals surface area contributed by atoms with Crippen molar-refractivity contribution in [3.05, 3.63) is 46.5 Å². The lowest BCUT2D eigenvalue weighted by atomic mass is 10.1. The summed E-state index contributed by atoms with van der Waals surface area (Å²) in [4.78, 5) is 15.1. The summed E-state index contributed by atoms with van der Waals surface area (Å²) < 4.78 is 20.5. The molecule has 0 saturated heterocycles. The Morgan fingerprint density at radius 2 is 2.33 bits per heavy atom. The second-order valence-electron chi connectivity index (χ2n) is 5.57. The minimum absolute atomic E-state index is 0.0833. The largest absolute Gasteiger partial charge is 0.476 e. The van der Waals surface area contributed by atoms with Gasteiger partial charge in [0.25, 0.3) is 5.91 Å². The molecule has 0 bridgehead atoms. The van der Waals surface area contributed by atoms with Crippen molar-refractivity contribution < 1.29 is 13.9 Å². The van der Waals surface area contributed by atoms with Crippen molar-refractivity contribution in [2.45, 2.75) is 13.0 Å². The molecular formula is C16H14ClFN4O2. The fourth-order valence-corrected chi connectivity index (χ4v) is 2.97. The Kier molecular flexibility index (Phi) is 3.65. The molecule has 3 heterocycles. The first-order valence-corrected chi connectivity index (χ1v) is 7.93. The van der Waals surface area contributed by atoms with E-state index in [4.69, 9.17) is 16.3 Å². The van der Waals surface area contributed by atoms with Crippen molar-refractivity contribution in [2.75, 3.05) is 13.2 Å². The van der Waals surface area contributed by atoms with E-state index in [2.05, 4.69) is 15.4 Å². The Bertz CT molecular complexity index is 912. The third-order valence-electron chi connectivity index (χ3n) is 4.02. The zero-order valence-electron chi connectivity index (χ0n) is 12.6. The lowest BCUT2D eigenvalue weighted by molar-refractivity contribution is 0.0948. The number of carbonyl (C=O) groups is 1. The number of nitrogens with one attached hydrogen (secondary N) is 2. The van der Waals surface area contributed by atoms with E-state index in [9.17, 15) is 9.18 Å². The number of halogens is 2.